The van der Waals surface area contributed by atoms with E-state index >= 15 is 0 Å². The number of amides is 2. The van der Waals surface area contributed by atoms with Gasteiger partial charge in [0.2, 0.25) is 11.8 Å². The highest BCUT2D eigenvalue weighted by molar-refractivity contribution is 7.92. The van der Waals surface area contributed by atoms with Crippen LogP contribution in [0.1, 0.15) is 31.4 Å². The minimum Gasteiger partial charge on any atom is -0.355 e. The van der Waals surface area contributed by atoms with Crippen LogP contribution in [0.2, 0.25) is 10.0 Å². The van der Waals surface area contributed by atoms with Crippen molar-refractivity contribution >= 4 is 50.7 Å². The number of carbonyl (C=O) groups excluding carboxylic acids is 2. The van der Waals surface area contributed by atoms with E-state index in [1.54, 1.807) is 56.3 Å². The van der Waals surface area contributed by atoms with Gasteiger partial charge in [-0.3, -0.25) is 13.9 Å². The molecule has 0 saturated heterocycles. The zero-order chi connectivity index (χ0) is 27.9. The maximum Gasteiger partial charge on any atom is 0.264 e. The van der Waals surface area contributed by atoms with Crippen LogP contribution in [-0.2, 0) is 26.2 Å². The summed E-state index contributed by atoms with van der Waals surface area (Å²) in [7, 11) is -4.16. The molecule has 7 nitrogen and oxygen atoms in total. The van der Waals surface area contributed by atoms with Crippen LogP contribution in [0.25, 0.3) is 0 Å². The van der Waals surface area contributed by atoms with Gasteiger partial charge in [-0.2, -0.15) is 0 Å². The molecule has 0 aliphatic rings. The fourth-order valence-corrected chi connectivity index (χ4v) is 5.79. The second kappa shape index (κ2) is 13.1. The molecule has 0 bridgehead atoms. The molecule has 0 heterocycles. The predicted molar refractivity (Wildman–Crippen MR) is 152 cm³/mol. The minimum absolute atomic E-state index is 0.00960. The number of hydrogen-bond acceptors (Lipinski definition) is 4. The summed E-state index contributed by atoms with van der Waals surface area (Å²) in [6.07, 6.45) is 0.330. The van der Waals surface area contributed by atoms with Gasteiger partial charge in [0.1, 0.15) is 12.6 Å². The average Bonchev–Trinajstić information content (AvgIpc) is 2.88. The third kappa shape index (κ3) is 7.07. The summed E-state index contributed by atoms with van der Waals surface area (Å²) >= 11 is 12.4. The molecule has 1 N–H and O–H groups in total. The van der Waals surface area contributed by atoms with Gasteiger partial charge in [0.05, 0.1) is 10.6 Å². The molecule has 0 unspecified atom stereocenters. The SMILES string of the molecule is CCNC(=O)[C@@H](CC)N(Cc1ccccc1Cl)C(=O)CN(c1cccc(C)c1)S(=O)(=O)c1ccc(Cl)cc1. The normalized spacial score (nSPS) is 12.0. The molecule has 0 radical (unpaired) electrons. The number of benzene rings is 3. The van der Waals surface area contributed by atoms with Gasteiger partial charge in [0, 0.05) is 23.1 Å². The number of rotatable bonds is 11. The zero-order valence-electron chi connectivity index (χ0n) is 21.5. The summed E-state index contributed by atoms with van der Waals surface area (Å²) in [4.78, 5) is 28.3. The van der Waals surface area contributed by atoms with E-state index in [1.165, 1.54) is 29.2 Å². The van der Waals surface area contributed by atoms with Crippen LogP contribution in [0.5, 0.6) is 0 Å². The molecule has 0 aliphatic heterocycles. The molecule has 0 aliphatic carbocycles. The topological polar surface area (TPSA) is 86.8 Å². The Morgan fingerprint density at radius 2 is 1.63 bits per heavy atom. The number of aryl methyl sites for hydroxylation is 1. The Morgan fingerprint density at radius 1 is 0.947 bits per heavy atom. The van der Waals surface area contributed by atoms with E-state index in [0.29, 0.717) is 34.3 Å². The molecule has 202 valence electrons. The van der Waals surface area contributed by atoms with Crippen molar-refractivity contribution in [3.8, 4) is 0 Å². The van der Waals surface area contributed by atoms with Crippen molar-refractivity contribution in [2.45, 2.75) is 44.7 Å². The maximum atomic E-state index is 13.9. The van der Waals surface area contributed by atoms with Gasteiger partial charge < -0.3 is 10.2 Å². The summed E-state index contributed by atoms with van der Waals surface area (Å²) in [5.41, 5.74) is 1.80. The Morgan fingerprint density at radius 3 is 2.24 bits per heavy atom. The van der Waals surface area contributed by atoms with Crippen molar-refractivity contribution in [2.24, 2.45) is 0 Å². The second-order valence-electron chi connectivity index (χ2n) is 8.74. The van der Waals surface area contributed by atoms with Crippen molar-refractivity contribution in [1.29, 1.82) is 0 Å². The average molecular weight is 577 g/mol. The van der Waals surface area contributed by atoms with Gasteiger partial charge in [-0.1, -0.05) is 60.5 Å². The van der Waals surface area contributed by atoms with Crippen LogP contribution in [-0.4, -0.2) is 44.3 Å². The third-order valence-electron chi connectivity index (χ3n) is 6.01. The van der Waals surface area contributed by atoms with Crippen LogP contribution in [0.15, 0.2) is 77.7 Å². The number of likely N-dealkylation sites (N-methyl/N-ethyl adjacent to an activating group) is 1. The summed E-state index contributed by atoms with van der Waals surface area (Å²) in [5.74, 6) is -0.861. The van der Waals surface area contributed by atoms with Crippen molar-refractivity contribution < 1.29 is 18.0 Å². The van der Waals surface area contributed by atoms with Gasteiger partial charge in [-0.25, -0.2) is 8.42 Å². The molecule has 0 saturated carbocycles. The first-order chi connectivity index (χ1) is 18.1. The van der Waals surface area contributed by atoms with Crippen LogP contribution >= 0.6 is 23.2 Å². The van der Waals surface area contributed by atoms with E-state index < -0.39 is 28.5 Å². The molecular formula is C28H31Cl2N3O4S. The lowest BCUT2D eigenvalue weighted by Crippen LogP contribution is -2.52. The summed E-state index contributed by atoms with van der Waals surface area (Å²) in [6, 6.07) is 18.9. The van der Waals surface area contributed by atoms with Crippen LogP contribution in [0.4, 0.5) is 5.69 Å². The Kier molecular flexibility index (Phi) is 10.2. The zero-order valence-corrected chi connectivity index (χ0v) is 23.9. The summed E-state index contributed by atoms with van der Waals surface area (Å²) < 4.78 is 28.7. The molecule has 3 rings (SSSR count). The highest BCUT2D eigenvalue weighted by atomic mass is 35.5. The maximum absolute atomic E-state index is 13.9. The fraction of sp³-hybridized carbons (Fsp3) is 0.286. The lowest BCUT2D eigenvalue weighted by Gasteiger charge is -2.33. The van der Waals surface area contributed by atoms with E-state index in [0.717, 1.165) is 9.87 Å². The highest BCUT2D eigenvalue weighted by Gasteiger charge is 2.33. The number of nitrogens with zero attached hydrogens (tertiary/aromatic N) is 2. The molecule has 0 fully saturated rings. The number of nitrogens with one attached hydrogen (secondary N) is 1. The van der Waals surface area contributed by atoms with Crippen LogP contribution < -0.4 is 9.62 Å². The second-order valence-corrected chi connectivity index (χ2v) is 11.4. The lowest BCUT2D eigenvalue weighted by atomic mass is 10.1. The predicted octanol–water partition coefficient (Wildman–Crippen LogP) is 5.44. The fourth-order valence-electron chi connectivity index (χ4n) is 4.07. The first kappa shape index (κ1) is 29.5. The van der Waals surface area contributed by atoms with E-state index in [2.05, 4.69) is 5.32 Å². The van der Waals surface area contributed by atoms with Crippen LogP contribution in [0, 0.1) is 6.92 Å². The standard InChI is InChI=1S/C28H31Cl2N3O4S/c1-4-26(28(35)31-5-2)32(18-21-10-6-7-12-25(21)30)27(34)19-33(23-11-8-9-20(3)17-23)38(36,37)24-15-13-22(29)14-16-24/h6-17,26H,4-5,18-19H2,1-3H3,(H,31,35)/t26-/m1/s1. The van der Waals surface area contributed by atoms with E-state index in [-0.39, 0.29) is 17.3 Å². The van der Waals surface area contributed by atoms with Gasteiger partial charge in [0.25, 0.3) is 10.0 Å². The van der Waals surface area contributed by atoms with Gasteiger partial charge in [0.15, 0.2) is 0 Å². The number of hydrogen-bond donors (Lipinski definition) is 1. The number of anilines is 1. The quantitative estimate of drug-likeness (QED) is 0.330. The largest absolute Gasteiger partial charge is 0.355 e. The first-order valence-electron chi connectivity index (χ1n) is 12.2. The molecule has 3 aromatic carbocycles. The molecule has 10 heteroatoms. The van der Waals surface area contributed by atoms with E-state index in [9.17, 15) is 18.0 Å². The third-order valence-corrected chi connectivity index (χ3v) is 8.41. The van der Waals surface area contributed by atoms with Crippen molar-refractivity contribution in [1.82, 2.24) is 10.2 Å². The van der Waals surface area contributed by atoms with E-state index in [1.807, 2.05) is 13.0 Å². The number of carbonyl (C=O) groups is 2. The molecule has 0 aromatic heterocycles. The van der Waals surface area contributed by atoms with E-state index in [4.69, 9.17) is 23.2 Å². The van der Waals surface area contributed by atoms with Gasteiger partial charge in [-0.15, -0.1) is 0 Å². The minimum atomic E-state index is -4.16. The highest BCUT2D eigenvalue weighted by Crippen LogP contribution is 2.27. The van der Waals surface area contributed by atoms with Crippen LogP contribution in [0.3, 0.4) is 0 Å². The first-order valence-corrected chi connectivity index (χ1v) is 14.4. The Hall–Kier alpha value is -3.07. The lowest BCUT2D eigenvalue weighted by molar-refractivity contribution is -0.140. The molecule has 0 spiro atoms. The summed E-state index contributed by atoms with van der Waals surface area (Å²) in [6.45, 7) is 5.35. The molecule has 1 atom stereocenters. The van der Waals surface area contributed by atoms with Gasteiger partial charge >= 0.3 is 0 Å². The molecule has 2 amide bonds. The van der Waals surface area contributed by atoms with Gasteiger partial charge in [-0.05, 0) is 73.9 Å². The summed E-state index contributed by atoms with van der Waals surface area (Å²) in [5, 5.41) is 3.61. The molecule has 38 heavy (non-hydrogen) atoms. The Labute approximate surface area is 234 Å². The van der Waals surface area contributed by atoms with Crippen molar-refractivity contribution in [2.75, 3.05) is 17.4 Å². The number of sulfonamides is 1. The smallest absolute Gasteiger partial charge is 0.264 e. The van der Waals surface area contributed by atoms with Crippen molar-refractivity contribution in [3.05, 3.63) is 94.0 Å². The Balaban J connectivity index is 2.07. The molecule has 3 aromatic rings. The Bertz CT molecular complexity index is 1380. The molecular weight excluding hydrogens is 545 g/mol. The monoisotopic (exact) mass is 575 g/mol. The van der Waals surface area contributed by atoms with Crippen molar-refractivity contribution in [3.63, 3.8) is 0 Å². The number of halogens is 2.